The highest BCUT2D eigenvalue weighted by atomic mass is 35.5. The predicted molar refractivity (Wildman–Crippen MR) is 86.8 cm³/mol. The highest BCUT2D eigenvalue weighted by Crippen LogP contribution is 2.14. The first-order chi connectivity index (χ1) is 10.8. The van der Waals surface area contributed by atoms with Gasteiger partial charge >= 0.3 is 0 Å². The number of nitrogens with one attached hydrogen (secondary N) is 1. The fourth-order valence-corrected chi connectivity index (χ4v) is 3.33. The van der Waals surface area contributed by atoms with Gasteiger partial charge in [0, 0.05) is 26.2 Å². The monoisotopic (exact) mass is 359 g/mol. The van der Waals surface area contributed by atoms with Gasteiger partial charge in [-0.25, -0.2) is 8.42 Å². The second kappa shape index (κ2) is 7.29. The summed E-state index contributed by atoms with van der Waals surface area (Å²) >= 11 is 5.92. The molecule has 1 N–H and O–H groups in total. The third-order valence-corrected chi connectivity index (χ3v) is 5.21. The molecule has 0 aromatic heterocycles. The second-order valence-electron chi connectivity index (χ2n) is 5.21. The molecule has 0 bridgehead atoms. The van der Waals surface area contributed by atoms with Crippen LogP contribution in [0.1, 0.15) is 10.4 Å². The molecule has 1 aliphatic rings. The summed E-state index contributed by atoms with van der Waals surface area (Å²) in [4.78, 5) is 25.6. The van der Waals surface area contributed by atoms with Gasteiger partial charge in [-0.3, -0.25) is 9.59 Å². The topological polar surface area (TPSA) is 86.8 Å². The lowest BCUT2D eigenvalue weighted by atomic mass is 10.2. The van der Waals surface area contributed by atoms with Crippen LogP contribution in [0.3, 0.4) is 0 Å². The van der Waals surface area contributed by atoms with Crippen molar-refractivity contribution < 1.29 is 18.0 Å². The summed E-state index contributed by atoms with van der Waals surface area (Å²) in [6.45, 7) is 1.01. The molecule has 0 saturated carbocycles. The molecular weight excluding hydrogens is 342 g/mol. The smallest absolute Gasteiger partial charge is 0.253 e. The fraction of sp³-hybridized carbons (Fsp3) is 0.429. The first-order valence-electron chi connectivity index (χ1n) is 7.04. The third-order valence-electron chi connectivity index (χ3n) is 3.58. The van der Waals surface area contributed by atoms with Crippen molar-refractivity contribution in [3.8, 4) is 0 Å². The highest BCUT2D eigenvalue weighted by Gasteiger charge is 2.26. The van der Waals surface area contributed by atoms with Gasteiger partial charge in [0.25, 0.3) is 5.91 Å². The number of hydrogen-bond acceptors (Lipinski definition) is 4. The molecule has 2 amide bonds. The Kier molecular flexibility index (Phi) is 5.61. The lowest BCUT2D eigenvalue weighted by Gasteiger charge is -2.33. The molecule has 0 unspecified atom stereocenters. The maximum atomic E-state index is 12.1. The number of rotatable bonds is 4. The first kappa shape index (κ1) is 17.7. The third kappa shape index (κ3) is 4.66. The van der Waals surface area contributed by atoms with Crippen molar-refractivity contribution in [1.29, 1.82) is 0 Å². The van der Waals surface area contributed by atoms with Gasteiger partial charge in [-0.15, -0.1) is 0 Å². The Morgan fingerprint density at radius 3 is 2.35 bits per heavy atom. The van der Waals surface area contributed by atoms with Gasteiger partial charge in [-0.05, 0) is 12.1 Å². The van der Waals surface area contributed by atoms with E-state index < -0.39 is 15.9 Å². The zero-order chi connectivity index (χ0) is 17.0. The molecular formula is C14H18ClN3O4S. The quantitative estimate of drug-likeness (QED) is 0.830. The van der Waals surface area contributed by atoms with Gasteiger partial charge < -0.3 is 10.2 Å². The van der Waals surface area contributed by atoms with E-state index in [0.29, 0.717) is 23.7 Å². The number of benzene rings is 1. The summed E-state index contributed by atoms with van der Waals surface area (Å²) < 4.78 is 24.2. The standard InChI is InChI=1S/C14H18ClN3O4S/c1-23(21,22)18-8-6-17(7-9-18)13(19)10-16-14(20)11-4-2-3-5-12(11)15/h2-5H,6-10H2,1H3,(H,16,20). The summed E-state index contributed by atoms with van der Waals surface area (Å²) in [6.07, 6.45) is 1.15. The van der Waals surface area contributed by atoms with Crippen molar-refractivity contribution in [2.45, 2.75) is 0 Å². The van der Waals surface area contributed by atoms with E-state index >= 15 is 0 Å². The molecule has 9 heteroatoms. The van der Waals surface area contributed by atoms with Gasteiger partial charge in [0.15, 0.2) is 0 Å². The van der Waals surface area contributed by atoms with Crippen molar-refractivity contribution in [3.63, 3.8) is 0 Å². The minimum atomic E-state index is -3.23. The van der Waals surface area contributed by atoms with Crippen molar-refractivity contribution in [3.05, 3.63) is 34.9 Å². The SMILES string of the molecule is CS(=O)(=O)N1CCN(C(=O)CNC(=O)c2ccccc2Cl)CC1. The zero-order valence-corrected chi connectivity index (χ0v) is 14.2. The average molecular weight is 360 g/mol. The van der Waals surface area contributed by atoms with E-state index in [4.69, 9.17) is 11.6 Å². The molecule has 126 valence electrons. The molecule has 0 aliphatic carbocycles. The number of nitrogens with zero attached hydrogens (tertiary/aromatic N) is 2. The van der Waals surface area contributed by atoms with Gasteiger partial charge in [0.2, 0.25) is 15.9 Å². The molecule has 1 aromatic rings. The molecule has 1 heterocycles. The van der Waals surface area contributed by atoms with Crippen LogP contribution in [0, 0.1) is 0 Å². The number of amides is 2. The Balaban J connectivity index is 1.84. The number of sulfonamides is 1. The first-order valence-corrected chi connectivity index (χ1v) is 9.27. The fourth-order valence-electron chi connectivity index (χ4n) is 2.28. The Morgan fingerprint density at radius 2 is 1.78 bits per heavy atom. The van der Waals surface area contributed by atoms with Crippen LogP contribution in [-0.4, -0.2) is 68.4 Å². The summed E-state index contributed by atoms with van der Waals surface area (Å²) in [7, 11) is -3.23. The highest BCUT2D eigenvalue weighted by molar-refractivity contribution is 7.88. The van der Waals surface area contributed by atoms with Crippen LogP contribution < -0.4 is 5.32 Å². The number of piperazine rings is 1. The second-order valence-corrected chi connectivity index (χ2v) is 7.59. The normalized spacial score (nSPS) is 16.2. The van der Waals surface area contributed by atoms with Crippen molar-refractivity contribution in [2.75, 3.05) is 39.0 Å². The van der Waals surface area contributed by atoms with Crippen LogP contribution in [0.4, 0.5) is 0 Å². The van der Waals surface area contributed by atoms with Gasteiger partial charge in [0.1, 0.15) is 0 Å². The lowest BCUT2D eigenvalue weighted by molar-refractivity contribution is -0.131. The van der Waals surface area contributed by atoms with E-state index in [0.717, 1.165) is 6.26 Å². The Hall–Kier alpha value is -1.64. The Morgan fingerprint density at radius 1 is 1.17 bits per heavy atom. The van der Waals surface area contributed by atoms with E-state index in [1.807, 2.05) is 0 Å². The van der Waals surface area contributed by atoms with Crippen LogP contribution in [0.5, 0.6) is 0 Å². The summed E-state index contributed by atoms with van der Waals surface area (Å²) in [5.41, 5.74) is 0.309. The summed E-state index contributed by atoms with van der Waals surface area (Å²) in [5.74, 6) is -0.669. The molecule has 0 radical (unpaired) electrons. The summed E-state index contributed by atoms with van der Waals surface area (Å²) in [5, 5.41) is 2.85. The minimum absolute atomic E-state index is 0.150. The van der Waals surface area contributed by atoms with Crippen molar-refractivity contribution in [2.24, 2.45) is 0 Å². The van der Waals surface area contributed by atoms with Crippen molar-refractivity contribution in [1.82, 2.24) is 14.5 Å². The number of halogens is 1. The van der Waals surface area contributed by atoms with Crippen molar-refractivity contribution >= 4 is 33.4 Å². The molecule has 7 nitrogen and oxygen atoms in total. The van der Waals surface area contributed by atoms with Gasteiger partial charge in [-0.1, -0.05) is 23.7 Å². The maximum Gasteiger partial charge on any atom is 0.253 e. The molecule has 1 fully saturated rings. The van der Waals surface area contributed by atoms with E-state index in [-0.39, 0.29) is 25.5 Å². The lowest BCUT2D eigenvalue weighted by Crippen LogP contribution is -2.52. The molecule has 0 spiro atoms. The van der Waals surface area contributed by atoms with Crippen LogP contribution in [-0.2, 0) is 14.8 Å². The van der Waals surface area contributed by atoms with Crippen LogP contribution in [0.15, 0.2) is 24.3 Å². The molecule has 2 rings (SSSR count). The average Bonchev–Trinajstić information content (AvgIpc) is 2.52. The largest absolute Gasteiger partial charge is 0.343 e. The molecule has 23 heavy (non-hydrogen) atoms. The zero-order valence-electron chi connectivity index (χ0n) is 12.7. The molecule has 1 aromatic carbocycles. The van der Waals surface area contributed by atoms with Crippen LogP contribution >= 0.6 is 11.6 Å². The number of hydrogen-bond donors (Lipinski definition) is 1. The number of carbonyl (C=O) groups is 2. The van der Waals surface area contributed by atoms with E-state index in [9.17, 15) is 18.0 Å². The van der Waals surface area contributed by atoms with Gasteiger partial charge in [-0.2, -0.15) is 4.31 Å². The maximum absolute atomic E-state index is 12.1. The van der Waals surface area contributed by atoms with E-state index in [2.05, 4.69) is 5.32 Å². The Labute approximate surface area is 140 Å². The van der Waals surface area contributed by atoms with Crippen LogP contribution in [0.25, 0.3) is 0 Å². The van der Waals surface area contributed by atoms with E-state index in [1.165, 1.54) is 9.21 Å². The molecule has 0 atom stereocenters. The number of carbonyl (C=O) groups excluding carboxylic acids is 2. The van der Waals surface area contributed by atoms with Gasteiger partial charge in [0.05, 0.1) is 23.4 Å². The Bertz CT molecular complexity index is 700. The van der Waals surface area contributed by atoms with E-state index in [1.54, 1.807) is 24.3 Å². The molecule has 1 saturated heterocycles. The minimum Gasteiger partial charge on any atom is -0.343 e. The van der Waals surface area contributed by atoms with Crippen LogP contribution in [0.2, 0.25) is 5.02 Å². The molecule has 1 aliphatic heterocycles. The predicted octanol–water partition coefficient (Wildman–Crippen LogP) is 0.174. The summed E-state index contributed by atoms with van der Waals surface area (Å²) in [6, 6.07) is 6.58.